The van der Waals surface area contributed by atoms with Gasteiger partial charge in [0.15, 0.2) is 5.13 Å². The number of rotatable bonds is 6. The fourth-order valence-corrected chi connectivity index (χ4v) is 4.05. The third-order valence-electron chi connectivity index (χ3n) is 3.85. The first-order valence-corrected chi connectivity index (χ1v) is 9.78. The minimum Gasteiger partial charge on any atom is -0.466 e. The quantitative estimate of drug-likeness (QED) is 0.764. The van der Waals surface area contributed by atoms with Gasteiger partial charge in [0.2, 0.25) is 11.0 Å². The number of hydrogen-bond acceptors (Lipinski definition) is 9. The van der Waals surface area contributed by atoms with Crippen LogP contribution in [0, 0.1) is 5.92 Å². The SMILES string of the molecule is CCOC(=O)Cc1nnc(NC(=O)C2CCN(c3nccs3)CC2)s1. The van der Waals surface area contributed by atoms with Crippen LogP contribution in [0.25, 0.3) is 0 Å². The van der Waals surface area contributed by atoms with Crippen LogP contribution in [-0.4, -0.2) is 46.8 Å². The van der Waals surface area contributed by atoms with Gasteiger partial charge < -0.3 is 15.0 Å². The molecule has 0 saturated carbocycles. The van der Waals surface area contributed by atoms with Gasteiger partial charge in [-0.15, -0.1) is 21.5 Å². The largest absolute Gasteiger partial charge is 0.466 e. The number of esters is 1. The Labute approximate surface area is 153 Å². The minimum absolute atomic E-state index is 0.0439. The van der Waals surface area contributed by atoms with E-state index >= 15 is 0 Å². The monoisotopic (exact) mass is 381 g/mol. The van der Waals surface area contributed by atoms with Crippen molar-refractivity contribution in [2.75, 3.05) is 29.9 Å². The minimum atomic E-state index is -0.342. The number of aromatic nitrogens is 3. The number of amides is 1. The van der Waals surface area contributed by atoms with Crippen LogP contribution in [0.5, 0.6) is 0 Å². The number of hydrogen-bond donors (Lipinski definition) is 1. The molecule has 1 aliphatic rings. The Kier molecular flexibility index (Phi) is 5.92. The summed E-state index contributed by atoms with van der Waals surface area (Å²) in [6.45, 7) is 3.72. The van der Waals surface area contributed by atoms with Gasteiger partial charge in [0, 0.05) is 30.6 Å². The number of thiazole rings is 1. The van der Waals surface area contributed by atoms with Gasteiger partial charge in [-0.25, -0.2) is 4.98 Å². The zero-order valence-electron chi connectivity index (χ0n) is 13.8. The highest BCUT2D eigenvalue weighted by Crippen LogP contribution is 2.26. The van der Waals surface area contributed by atoms with Gasteiger partial charge in [0.05, 0.1) is 13.0 Å². The first-order chi connectivity index (χ1) is 12.2. The molecule has 0 aliphatic carbocycles. The lowest BCUT2D eigenvalue weighted by molar-refractivity contribution is -0.142. The molecular formula is C15H19N5O3S2. The van der Waals surface area contributed by atoms with Crippen molar-refractivity contribution in [3.05, 3.63) is 16.6 Å². The second-order valence-electron chi connectivity index (χ2n) is 5.55. The highest BCUT2D eigenvalue weighted by molar-refractivity contribution is 7.15. The van der Waals surface area contributed by atoms with Crippen molar-refractivity contribution in [1.29, 1.82) is 0 Å². The van der Waals surface area contributed by atoms with Gasteiger partial charge in [0.1, 0.15) is 5.01 Å². The number of ether oxygens (including phenoxy) is 1. The third-order valence-corrected chi connectivity index (χ3v) is 5.52. The molecule has 3 rings (SSSR count). The van der Waals surface area contributed by atoms with E-state index < -0.39 is 0 Å². The molecule has 0 bridgehead atoms. The van der Waals surface area contributed by atoms with E-state index in [0.29, 0.717) is 16.7 Å². The Morgan fingerprint density at radius 2 is 2.16 bits per heavy atom. The Bertz CT molecular complexity index is 711. The van der Waals surface area contributed by atoms with E-state index in [0.717, 1.165) is 31.1 Å². The molecule has 10 heteroatoms. The number of carbonyl (C=O) groups is 2. The fraction of sp³-hybridized carbons (Fsp3) is 0.533. The maximum atomic E-state index is 12.4. The summed E-state index contributed by atoms with van der Waals surface area (Å²) in [7, 11) is 0. The van der Waals surface area contributed by atoms with E-state index in [2.05, 4.69) is 25.4 Å². The molecule has 134 valence electrons. The Balaban J connectivity index is 1.48. The van der Waals surface area contributed by atoms with Gasteiger partial charge in [-0.1, -0.05) is 11.3 Å². The number of nitrogens with zero attached hydrogens (tertiary/aromatic N) is 4. The zero-order chi connectivity index (χ0) is 17.6. The van der Waals surface area contributed by atoms with Crippen molar-refractivity contribution in [2.45, 2.75) is 26.2 Å². The highest BCUT2D eigenvalue weighted by atomic mass is 32.1. The molecule has 25 heavy (non-hydrogen) atoms. The summed E-state index contributed by atoms with van der Waals surface area (Å²) in [5, 5.41) is 14.6. The third kappa shape index (κ3) is 4.73. The van der Waals surface area contributed by atoms with Crippen LogP contribution in [0.15, 0.2) is 11.6 Å². The lowest BCUT2D eigenvalue weighted by Crippen LogP contribution is -2.38. The van der Waals surface area contributed by atoms with Gasteiger partial charge in [-0.3, -0.25) is 9.59 Å². The van der Waals surface area contributed by atoms with Crippen molar-refractivity contribution >= 4 is 44.8 Å². The van der Waals surface area contributed by atoms with E-state index in [-0.39, 0.29) is 24.2 Å². The van der Waals surface area contributed by atoms with Crippen LogP contribution < -0.4 is 10.2 Å². The molecule has 1 amide bonds. The maximum absolute atomic E-state index is 12.4. The van der Waals surface area contributed by atoms with Crippen molar-refractivity contribution in [3.63, 3.8) is 0 Å². The van der Waals surface area contributed by atoms with Crippen LogP contribution in [0.4, 0.5) is 10.3 Å². The van der Waals surface area contributed by atoms with Crippen molar-refractivity contribution in [1.82, 2.24) is 15.2 Å². The van der Waals surface area contributed by atoms with E-state index in [1.54, 1.807) is 24.5 Å². The van der Waals surface area contributed by atoms with Gasteiger partial charge in [0.25, 0.3) is 0 Å². The van der Waals surface area contributed by atoms with Gasteiger partial charge >= 0.3 is 5.97 Å². The van der Waals surface area contributed by atoms with Crippen LogP contribution in [0.2, 0.25) is 0 Å². The summed E-state index contributed by atoms with van der Waals surface area (Å²) in [6, 6.07) is 0. The summed E-state index contributed by atoms with van der Waals surface area (Å²) in [5.74, 6) is -0.433. The molecule has 1 aliphatic heterocycles. The molecule has 1 saturated heterocycles. The van der Waals surface area contributed by atoms with E-state index in [1.165, 1.54) is 11.3 Å². The van der Waals surface area contributed by atoms with E-state index in [4.69, 9.17) is 4.74 Å². The lowest BCUT2D eigenvalue weighted by atomic mass is 9.96. The lowest BCUT2D eigenvalue weighted by Gasteiger charge is -2.30. The number of anilines is 2. The molecule has 0 radical (unpaired) electrons. The van der Waals surface area contributed by atoms with Crippen molar-refractivity contribution < 1.29 is 14.3 Å². The second-order valence-corrected chi connectivity index (χ2v) is 7.48. The average Bonchev–Trinajstić information content (AvgIpc) is 3.27. The molecule has 2 aromatic rings. The molecule has 0 atom stereocenters. The fourth-order valence-electron chi connectivity index (χ4n) is 2.62. The molecule has 2 aromatic heterocycles. The predicted octanol–water partition coefficient (Wildman–Crippen LogP) is 1.96. The molecule has 0 aromatic carbocycles. The van der Waals surface area contributed by atoms with E-state index in [9.17, 15) is 9.59 Å². The molecule has 0 unspecified atom stereocenters. The predicted molar refractivity (Wildman–Crippen MR) is 95.9 cm³/mol. The maximum Gasteiger partial charge on any atom is 0.312 e. The average molecular weight is 381 g/mol. The molecule has 1 fully saturated rings. The van der Waals surface area contributed by atoms with Crippen LogP contribution >= 0.6 is 22.7 Å². The van der Waals surface area contributed by atoms with Crippen LogP contribution in [-0.2, 0) is 20.7 Å². The Hall–Kier alpha value is -2.07. The second kappa shape index (κ2) is 8.34. The Morgan fingerprint density at radius 1 is 1.36 bits per heavy atom. The molecular weight excluding hydrogens is 362 g/mol. The standard InChI is InChI=1S/C15H19N5O3S2/c1-2-23-12(21)9-11-18-19-14(25-11)17-13(22)10-3-6-20(7-4-10)15-16-5-8-24-15/h5,8,10H,2-4,6-7,9H2,1H3,(H,17,19,22). The highest BCUT2D eigenvalue weighted by Gasteiger charge is 2.26. The summed E-state index contributed by atoms with van der Waals surface area (Å²) in [5.41, 5.74) is 0. The van der Waals surface area contributed by atoms with Gasteiger partial charge in [-0.05, 0) is 19.8 Å². The molecule has 0 spiro atoms. The summed E-state index contributed by atoms with van der Waals surface area (Å²) >= 11 is 2.82. The number of piperidine rings is 1. The molecule has 3 heterocycles. The van der Waals surface area contributed by atoms with Crippen molar-refractivity contribution in [3.8, 4) is 0 Å². The summed E-state index contributed by atoms with van der Waals surface area (Å²) in [4.78, 5) is 30.4. The molecule has 8 nitrogen and oxygen atoms in total. The van der Waals surface area contributed by atoms with Crippen molar-refractivity contribution in [2.24, 2.45) is 5.92 Å². The molecule has 1 N–H and O–H groups in total. The van der Waals surface area contributed by atoms with Gasteiger partial charge in [-0.2, -0.15) is 0 Å². The van der Waals surface area contributed by atoms with E-state index in [1.807, 2.05) is 5.38 Å². The first-order valence-electron chi connectivity index (χ1n) is 8.09. The van der Waals surface area contributed by atoms with Crippen LogP contribution in [0.3, 0.4) is 0 Å². The first kappa shape index (κ1) is 17.7. The summed E-state index contributed by atoms with van der Waals surface area (Å²) in [6.07, 6.45) is 3.43. The normalized spacial score (nSPS) is 15.2. The smallest absolute Gasteiger partial charge is 0.312 e. The zero-order valence-corrected chi connectivity index (χ0v) is 15.4. The summed E-state index contributed by atoms with van der Waals surface area (Å²) < 4.78 is 4.88. The number of carbonyl (C=O) groups excluding carboxylic acids is 2. The van der Waals surface area contributed by atoms with Crippen LogP contribution in [0.1, 0.15) is 24.8 Å². The topological polar surface area (TPSA) is 97.3 Å². The number of nitrogens with one attached hydrogen (secondary N) is 1. The Morgan fingerprint density at radius 3 is 2.84 bits per heavy atom.